The molecule has 0 aromatic heterocycles. The third-order valence-corrected chi connectivity index (χ3v) is 3.61. The molecule has 9 N–H and O–H groups in total. The second kappa shape index (κ2) is 9.15. The molecule has 0 aromatic carbocycles. The maximum Gasteiger partial charge on any atom is 0.186 e. The van der Waals surface area contributed by atoms with E-state index in [0.29, 0.717) is 0 Å². The van der Waals surface area contributed by atoms with Crippen molar-refractivity contribution in [3.8, 4) is 0 Å². The average Bonchev–Trinajstić information content (AvgIpc) is 2.56. The third kappa shape index (κ3) is 5.01. The van der Waals surface area contributed by atoms with E-state index in [1.807, 2.05) is 0 Å². The molecule has 11 nitrogen and oxygen atoms in total. The van der Waals surface area contributed by atoms with Gasteiger partial charge in [-0.2, -0.15) is 0 Å². The van der Waals surface area contributed by atoms with Gasteiger partial charge in [0, 0.05) is 0 Å². The standard InChI is InChI=1S/C12H24O11/c13-1-4(15)7(17)8(18)5(16)3-22-12-11(21)10(20)9(19)6(2-14)23-12/h4-21H,1-3H2/t4?,5?,6?,7?,8?,9-,10-,11?,12+/m1/s1. The molecular formula is C12H24O11. The van der Waals surface area contributed by atoms with Gasteiger partial charge >= 0.3 is 0 Å². The van der Waals surface area contributed by atoms with E-state index < -0.39 is 74.9 Å². The number of aliphatic hydroxyl groups is 9. The molecule has 1 fully saturated rings. The zero-order valence-electron chi connectivity index (χ0n) is 12.2. The summed E-state index contributed by atoms with van der Waals surface area (Å²) in [6, 6.07) is 0. The van der Waals surface area contributed by atoms with Gasteiger partial charge in [0.15, 0.2) is 6.29 Å². The van der Waals surface area contributed by atoms with Gasteiger partial charge in [-0.1, -0.05) is 0 Å². The summed E-state index contributed by atoms with van der Waals surface area (Å²) in [6.07, 6.45) is -14.7. The van der Waals surface area contributed by atoms with Crippen molar-refractivity contribution in [2.24, 2.45) is 0 Å². The maximum absolute atomic E-state index is 9.70. The molecule has 11 heteroatoms. The Morgan fingerprint density at radius 3 is 1.91 bits per heavy atom. The SMILES string of the molecule is OCC(O)C(O)C(O)C(O)CO[C@H]1OC(CO)[C@@H](O)[C@@H](O)C1O. The smallest absolute Gasteiger partial charge is 0.186 e. The molecule has 138 valence electrons. The minimum absolute atomic E-state index is 0.655. The van der Waals surface area contributed by atoms with Crippen LogP contribution in [-0.4, -0.2) is 121 Å². The molecule has 1 aliphatic rings. The molecule has 0 aliphatic carbocycles. The zero-order chi connectivity index (χ0) is 17.7. The number of ether oxygens (including phenoxy) is 2. The summed E-state index contributed by atoms with van der Waals surface area (Å²) >= 11 is 0. The van der Waals surface area contributed by atoms with Crippen molar-refractivity contribution in [2.75, 3.05) is 19.8 Å². The van der Waals surface area contributed by atoms with Gasteiger partial charge in [0.2, 0.25) is 0 Å². The summed E-state index contributed by atoms with van der Waals surface area (Å²) in [4.78, 5) is 0. The molecule has 1 saturated heterocycles. The highest BCUT2D eigenvalue weighted by Gasteiger charge is 2.44. The van der Waals surface area contributed by atoms with Crippen LogP contribution in [0.25, 0.3) is 0 Å². The predicted octanol–water partition coefficient (Wildman–Crippen LogP) is -5.76. The van der Waals surface area contributed by atoms with Crippen LogP contribution in [0.2, 0.25) is 0 Å². The fourth-order valence-corrected chi connectivity index (χ4v) is 2.06. The van der Waals surface area contributed by atoms with E-state index >= 15 is 0 Å². The zero-order valence-corrected chi connectivity index (χ0v) is 12.2. The lowest BCUT2D eigenvalue weighted by Gasteiger charge is -2.40. The molecule has 9 atom stereocenters. The number of rotatable bonds is 8. The van der Waals surface area contributed by atoms with Crippen molar-refractivity contribution in [1.29, 1.82) is 0 Å². The minimum atomic E-state index is -1.86. The highest BCUT2D eigenvalue weighted by atomic mass is 16.7. The average molecular weight is 344 g/mol. The molecular weight excluding hydrogens is 320 g/mol. The molecule has 0 spiro atoms. The lowest BCUT2D eigenvalue weighted by Crippen LogP contribution is -2.59. The Labute approximate surface area is 131 Å². The van der Waals surface area contributed by atoms with Crippen LogP contribution in [0, 0.1) is 0 Å². The molecule has 0 aromatic rings. The molecule has 1 aliphatic heterocycles. The van der Waals surface area contributed by atoms with E-state index in [4.69, 9.17) is 19.7 Å². The van der Waals surface area contributed by atoms with E-state index in [2.05, 4.69) is 0 Å². The van der Waals surface area contributed by atoms with E-state index in [-0.39, 0.29) is 0 Å². The van der Waals surface area contributed by atoms with Gasteiger partial charge < -0.3 is 55.4 Å². The minimum Gasteiger partial charge on any atom is -0.394 e. The predicted molar refractivity (Wildman–Crippen MR) is 70.8 cm³/mol. The van der Waals surface area contributed by atoms with Crippen molar-refractivity contribution in [1.82, 2.24) is 0 Å². The van der Waals surface area contributed by atoms with Crippen LogP contribution in [0.1, 0.15) is 0 Å². The first-order valence-corrected chi connectivity index (χ1v) is 6.99. The van der Waals surface area contributed by atoms with Crippen molar-refractivity contribution in [2.45, 2.75) is 55.1 Å². The Morgan fingerprint density at radius 1 is 0.826 bits per heavy atom. The normalized spacial score (nSPS) is 37.2. The number of hydrogen-bond acceptors (Lipinski definition) is 11. The molecule has 0 saturated carbocycles. The molecule has 0 amide bonds. The summed E-state index contributed by atoms with van der Waals surface area (Å²) in [5.41, 5.74) is 0. The van der Waals surface area contributed by atoms with E-state index in [9.17, 15) is 35.7 Å². The van der Waals surface area contributed by atoms with Gasteiger partial charge in [-0.25, -0.2) is 0 Å². The summed E-state index contributed by atoms with van der Waals surface area (Å²) in [7, 11) is 0. The first-order valence-electron chi connectivity index (χ1n) is 6.99. The number of hydrogen-bond donors (Lipinski definition) is 9. The Hall–Kier alpha value is -0.440. The molecule has 0 bridgehead atoms. The topological polar surface area (TPSA) is 201 Å². The van der Waals surface area contributed by atoms with Crippen molar-refractivity contribution in [3.05, 3.63) is 0 Å². The van der Waals surface area contributed by atoms with Crippen LogP contribution in [0.3, 0.4) is 0 Å². The summed E-state index contributed by atoms with van der Waals surface area (Å²) in [5, 5.41) is 84.4. The molecule has 1 rings (SSSR count). The Bertz CT molecular complexity index is 341. The fraction of sp³-hybridized carbons (Fsp3) is 1.00. The highest BCUT2D eigenvalue weighted by Crippen LogP contribution is 2.22. The molecule has 1 heterocycles. The lowest BCUT2D eigenvalue weighted by molar-refractivity contribution is -0.306. The van der Waals surface area contributed by atoms with Crippen LogP contribution in [0.4, 0.5) is 0 Å². The second-order valence-corrected chi connectivity index (χ2v) is 5.33. The van der Waals surface area contributed by atoms with Gasteiger partial charge in [0.05, 0.1) is 19.8 Å². The van der Waals surface area contributed by atoms with Gasteiger partial charge in [-0.15, -0.1) is 0 Å². The monoisotopic (exact) mass is 344 g/mol. The second-order valence-electron chi connectivity index (χ2n) is 5.33. The van der Waals surface area contributed by atoms with Crippen LogP contribution in [0.15, 0.2) is 0 Å². The van der Waals surface area contributed by atoms with Crippen LogP contribution < -0.4 is 0 Å². The lowest BCUT2D eigenvalue weighted by atomic mass is 9.99. The van der Waals surface area contributed by atoms with Gasteiger partial charge in [0.1, 0.15) is 48.8 Å². The van der Waals surface area contributed by atoms with Crippen LogP contribution in [-0.2, 0) is 9.47 Å². The van der Waals surface area contributed by atoms with E-state index in [1.165, 1.54) is 0 Å². The first-order chi connectivity index (χ1) is 10.7. The Balaban J connectivity index is 2.55. The van der Waals surface area contributed by atoms with E-state index in [1.54, 1.807) is 0 Å². The molecule has 23 heavy (non-hydrogen) atoms. The third-order valence-electron chi connectivity index (χ3n) is 3.61. The van der Waals surface area contributed by atoms with Crippen molar-refractivity contribution >= 4 is 0 Å². The van der Waals surface area contributed by atoms with Gasteiger partial charge in [0.25, 0.3) is 0 Å². The Kier molecular flexibility index (Phi) is 8.20. The van der Waals surface area contributed by atoms with Crippen LogP contribution >= 0.6 is 0 Å². The fourth-order valence-electron chi connectivity index (χ4n) is 2.06. The van der Waals surface area contributed by atoms with Crippen LogP contribution in [0.5, 0.6) is 0 Å². The molecule has 0 radical (unpaired) electrons. The maximum atomic E-state index is 9.70. The van der Waals surface area contributed by atoms with Gasteiger partial charge in [-0.3, -0.25) is 0 Å². The summed E-state index contributed by atoms with van der Waals surface area (Å²) in [5.74, 6) is 0. The summed E-state index contributed by atoms with van der Waals surface area (Å²) in [6.45, 7) is -2.16. The van der Waals surface area contributed by atoms with Crippen molar-refractivity contribution in [3.63, 3.8) is 0 Å². The van der Waals surface area contributed by atoms with Crippen molar-refractivity contribution < 1.29 is 55.4 Å². The Morgan fingerprint density at radius 2 is 1.39 bits per heavy atom. The van der Waals surface area contributed by atoms with E-state index in [0.717, 1.165) is 0 Å². The number of aliphatic hydroxyl groups excluding tert-OH is 9. The summed E-state index contributed by atoms with van der Waals surface area (Å²) < 4.78 is 9.99. The largest absolute Gasteiger partial charge is 0.394 e. The highest BCUT2D eigenvalue weighted by molar-refractivity contribution is 4.89. The van der Waals surface area contributed by atoms with Gasteiger partial charge in [-0.05, 0) is 0 Å². The molecule has 6 unspecified atom stereocenters. The first kappa shape index (κ1) is 20.6. The quantitative estimate of drug-likeness (QED) is 0.203.